The van der Waals surface area contributed by atoms with Crippen molar-refractivity contribution in [2.24, 2.45) is 0 Å². The first kappa shape index (κ1) is 13.4. The lowest BCUT2D eigenvalue weighted by atomic mass is 10.1. The molecule has 2 amide bonds. The topological polar surface area (TPSA) is 35.6 Å². The van der Waals surface area contributed by atoms with Crippen molar-refractivity contribution in [1.82, 2.24) is 9.80 Å². The average Bonchev–Trinajstić information content (AvgIpc) is 2.84. The molecule has 0 bridgehead atoms. The standard InChI is InChI=1S/C16H23N3O/c1-12-5-6-15(13(2)9-12)17-16(20)19-10-14(11-19)18-7-3-4-8-18/h5-6,9,14H,3-4,7-8,10-11H2,1-2H3,(H,17,20). The first-order chi connectivity index (χ1) is 9.63. The van der Waals surface area contributed by atoms with Crippen LogP contribution in [0.2, 0.25) is 0 Å². The van der Waals surface area contributed by atoms with Crippen molar-refractivity contribution >= 4 is 11.7 Å². The Bertz CT molecular complexity index is 502. The van der Waals surface area contributed by atoms with Gasteiger partial charge in [0.2, 0.25) is 0 Å². The maximum Gasteiger partial charge on any atom is 0.321 e. The molecule has 20 heavy (non-hydrogen) atoms. The molecular weight excluding hydrogens is 250 g/mol. The molecule has 0 radical (unpaired) electrons. The third-order valence-electron chi connectivity index (χ3n) is 4.43. The summed E-state index contributed by atoms with van der Waals surface area (Å²) in [6.45, 7) is 8.25. The van der Waals surface area contributed by atoms with Gasteiger partial charge < -0.3 is 10.2 Å². The number of carbonyl (C=O) groups excluding carboxylic acids is 1. The summed E-state index contributed by atoms with van der Waals surface area (Å²) >= 11 is 0. The van der Waals surface area contributed by atoms with Crippen molar-refractivity contribution in [3.8, 4) is 0 Å². The van der Waals surface area contributed by atoms with Crippen LogP contribution in [0.15, 0.2) is 18.2 Å². The predicted molar refractivity (Wildman–Crippen MR) is 81.1 cm³/mol. The number of nitrogens with zero attached hydrogens (tertiary/aromatic N) is 2. The van der Waals surface area contributed by atoms with Gasteiger partial charge in [-0.2, -0.15) is 0 Å². The van der Waals surface area contributed by atoms with Gasteiger partial charge in [0.05, 0.1) is 0 Å². The molecule has 2 fully saturated rings. The zero-order valence-corrected chi connectivity index (χ0v) is 12.4. The Morgan fingerprint density at radius 3 is 2.55 bits per heavy atom. The van der Waals surface area contributed by atoms with Gasteiger partial charge >= 0.3 is 6.03 Å². The maximum atomic E-state index is 12.2. The van der Waals surface area contributed by atoms with Gasteiger partial charge in [0.1, 0.15) is 0 Å². The first-order valence-corrected chi connectivity index (χ1v) is 7.51. The second-order valence-corrected chi connectivity index (χ2v) is 6.05. The Hall–Kier alpha value is -1.55. The molecule has 3 rings (SSSR count). The molecule has 1 N–H and O–H groups in total. The van der Waals surface area contributed by atoms with Gasteiger partial charge in [-0.3, -0.25) is 4.90 Å². The lowest BCUT2D eigenvalue weighted by Crippen LogP contribution is -2.61. The molecule has 1 aromatic carbocycles. The van der Waals surface area contributed by atoms with Gasteiger partial charge in [0.15, 0.2) is 0 Å². The fraction of sp³-hybridized carbons (Fsp3) is 0.562. The van der Waals surface area contributed by atoms with Crippen LogP contribution in [0.3, 0.4) is 0 Å². The number of anilines is 1. The molecule has 1 aromatic rings. The van der Waals surface area contributed by atoms with E-state index in [9.17, 15) is 4.79 Å². The Kier molecular flexibility index (Phi) is 3.66. The minimum Gasteiger partial charge on any atom is -0.321 e. The van der Waals surface area contributed by atoms with Gasteiger partial charge in [0, 0.05) is 24.8 Å². The highest BCUT2D eigenvalue weighted by Crippen LogP contribution is 2.22. The normalized spacial score (nSPS) is 20.0. The lowest BCUT2D eigenvalue weighted by molar-refractivity contribution is 0.0776. The van der Waals surface area contributed by atoms with Crippen LogP contribution in [0.25, 0.3) is 0 Å². The van der Waals surface area contributed by atoms with E-state index in [4.69, 9.17) is 0 Å². The Morgan fingerprint density at radius 1 is 1.20 bits per heavy atom. The number of rotatable bonds is 2. The van der Waals surface area contributed by atoms with E-state index < -0.39 is 0 Å². The van der Waals surface area contributed by atoms with Crippen LogP contribution in [0.4, 0.5) is 10.5 Å². The third kappa shape index (κ3) is 2.66. The molecule has 0 aromatic heterocycles. The van der Waals surface area contributed by atoms with Gasteiger partial charge in [-0.05, 0) is 51.4 Å². The van der Waals surface area contributed by atoms with Gasteiger partial charge in [-0.25, -0.2) is 4.79 Å². The smallest absolute Gasteiger partial charge is 0.321 e. The van der Waals surface area contributed by atoms with E-state index in [-0.39, 0.29) is 6.03 Å². The summed E-state index contributed by atoms with van der Waals surface area (Å²) in [6.07, 6.45) is 2.62. The van der Waals surface area contributed by atoms with Crippen LogP contribution in [-0.2, 0) is 0 Å². The second-order valence-electron chi connectivity index (χ2n) is 6.05. The van der Waals surface area contributed by atoms with E-state index in [1.54, 1.807) is 0 Å². The molecule has 4 heteroatoms. The number of aryl methyl sites for hydroxylation is 2. The van der Waals surface area contributed by atoms with Gasteiger partial charge in [-0.15, -0.1) is 0 Å². The predicted octanol–water partition coefficient (Wildman–Crippen LogP) is 2.62. The maximum absolute atomic E-state index is 12.2. The van der Waals surface area contributed by atoms with Crippen LogP contribution in [0.5, 0.6) is 0 Å². The highest BCUT2D eigenvalue weighted by atomic mass is 16.2. The minimum absolute atomic E-state index is 0.0346. The average molecular weight is 273 g/mol. The SMILES string of the molecule is Cc1ccc(NC(=O)N2CC(N3CCCC3)C2)c(C)c1. The summed E-state index contributed by atoms with van der Waals surface area (Å²) in [5.41, 5.74) is 3.26. The molecule has 108 valence electrons. The molecular formula is C16H23N3O. The number of hydrogen-bond acceptors (Lipinski definition) is 2. The van der Waals surface area contributed by atoms with E-state index in [0.29, 0.717) is 6.04 Å². The van der Waals surface area contributed by atoms with Crippen molar-refractivity contribution in [2.45, 2.75) is 32.7 Å². The molecule has 2 aliphatic heterocycles. The summed E-state index contributed by atoms with van der Waals surface area (Å²) < 4.78 is 0. The Labute approximate surface area is 120 Å². The highest BCUT2D eigenvalue weighted by molar-refractivity contribution is 5.90. The second kappa shape index (κ2) is 5.44. The van der Waals surface area contributed by atoms with E-state index in [2.05, 4.69) is 23.2 Å². The van der Waals surface area contributed by atoms with Crippen LogP contribution < -0.4 is 5.32 Å². The monoisotopic (exact) mass is 273 g/mol. The van der Waals surface area contributed by atoms with Crippen LogP contribution in [0.1, 0.15) is 24.0 Å². The molecule has 2 heterocycles. The molecule has 0 spiro atoms. The highest BCUT2D eigenvalue weighted by Gasteiger charge is 2.35. The van der Waals surface area contributed by atoms with Crippen molar-refractivity contribution in [1.29, 1.82) is 0 Å². The number of likely N-dealkylation sites (tertiary alicyclic amines) is 2. The summed E-state index contributed by atoms with van der Waals surface area (Å²) in [6, 6.07) is 6.74. The summed E-state index contributed by atoms with van der Waals surface area (Å²) in [4.78, 5) is 16.6. The molecule has 0 unspecified atom stereocenters. The van der Waals surface area contributed by atoms with Crippen molar-refractivity contribution in [2.75, 3.05) is 31.5 Å². The number of carbonyl (C=O) groups is 1. The number of urea groups is 1. The number of hydrogen-bond donors (Lipinski definition) is 1. The van der Waals surface area contributed by atoms with E-state index in [1.807, 2.05) is 24.0 Å². The van der Waals surface area contributed by atoms with Crippen molar-refractivity contribution < 1.29 is 4.79 Å². The zero-order chi connectivity index (χ0) is 14.1. The van der Waals surface area contributed by atoms with E-state index in [1.165, 1.54) is 31.5 Å². The van der Waals surface area contributed by atoms with Crippen molar-refractivity contribution in [3.05, 3.63) is 29.3 Å². The largest absolute Gasteiger partial charge is 0.321 e. The zero-order valence-electron chi connectivity index (χ0n) is 12.4. The van der Waals surface area contributed by atoms with E-state index >= 15 is 0 Å². The molecule has 0 saturated carbocycles. The van der Waals surface area contributed by atoms with Crippen molar-refractivity contribution in [3.63, 3.8) is 0 Å². The number of nitrogens with one attached hydrogen (secondary N) is 1. The van der Waals surface area contributed by atoms with Crippen LogP contribution in [-0.4, -0.2) is 48.1 Å². The molecule has 2 aliphatic rings. The Morgan fingerprint density at radius 2 is 1.90 bits per heavy atom. The van der Waals surface area contributed by atoms with Crippen LogP contribution in [0, 0.1) is 13.8 Å². The van der Waals surface area contributed by atoms with Crippen LogP contribution >= 0.6 is 0 Å². The molecule has 4 nitrogen and oxygen atoms in total. The lowest BCUT2D eigenvalue weighted by Gasteiger charge is -2.43. The quantitative estimate of drug-likeness (QED) is 0.899. The van der Waals surface area contributed by atoms with Gasteiger partial charge in [0.25, 0.3) is 0 Å². The third-order valence-corrected chi connectivity index (χ3v) is 4.43. The first-order valence-electron chi connectivity index (χ1n) is 7.51. The minimum atomic E-state index is 0.0346. The van der Waals surface area contributed by atoms with Gasteiger partial charge in [-0.1, -0.05) is 17.7 Å². The molecule has 2 saturated heterocycles. The summed E-state index contributed by atoms with van der Waals surface area (Å²) in [5.74, 6) is 0. The number of benzene rings is 1. The molecule has 0 aliphatic carbocycles. The Balaban J connectivity index is 1.53. The summed E-state index contributed by atoms with van der Waals surface area (Å²) in [7, 11) is 0. The van der Waals surface area contributed by atoms with E-state index in [0.717, 1.165) is 24.3 Å². The number of amides is 2. The molecule has 0 atom stereocenters. The fourth-order valence-corrected chi connectivity index (χ4v) is 3.11. The fourth-order valence-electron chi connectivity index (χ4n) is 3.11. The summed E-state index contributed by atoms with van der Waals surface area (Å²) in [5, 5.41) is 3.02.